The second kappa shape index (κ2) is 6.62. The Morgan fingerprint density at radius 2 is 2.32 bits per heavy atom. The molecular formula is C14H19ClN2OS. The molecule has 104 valence electrons. The van der Waals surface area contributed by atoms with Gasteiger partial charge >= 0.3 is 0 Å². The number of hydrogen-bond donors (Lipinski definition) is 1. The Balaban J connectivity index is 2.02. The molecular weight excluding hydrogens is 280 g/mol. The van der Waals surface area contributed by atoms with Crippen molar-refractivity contribution in [2.45, 2.75) is 43.9 Å². The average molecular weight is 299 g/mol. The van der Waals surface area contributed by atoms with E-state index in [9.17, 15) is 4.79 Å². The number of carbonyl (C=O) groups is 1. The van der Waals surface area contributed by atoms with Crippen LogP contribution in [0.3, 0.4) is 0 Å². The van der Waals surface area contributed by atoms with E-state index in [1.165, 1.54) is 6.42 Å². The SMILES string of the molecule is CCc1cc(C(=O)NC2CCC(SC)C2)cc(Cl)n1. The first-order valence-corrected chi connectivity index (χ1v) is 8.29. The Hall–Kier alpha value is -0.740. The Labute approximate surface area is 123 Å². The average Bonchev–Trinajstić information content (AvgIpc) is 2.85. The number of aryl methyl sites for hydroxylation is 1. The number of carbonyl (C=O) groups excluding carboxylic acids is 1. The summed E-state index contributed by atoms with van der Waals surface area (Å²) in [6, 6.07) is 3.75. The zero-order chi connectivity index (χ0) is 13.8. The molecule has 1 aliphatic carbocycles. The third-order valence-corrected chi connectivity index (χ3v) is 4.81. The molecule has 1 aromatic heterocycles. The number of halogens is 1. The van der Waals surface area contributed by atoms with Crippen molar-refractivity contribution < 1.29 is 4.79 Å². The van der Waals surface area contributed by atoms with Crippen LogP contribution in [0.15, 0.2) is 12.1 Å². The standard InChI is InChI=1S/C14H19ClN2OS/c1-3-10-6-9(7-13(15)16-10)14(18)17-11-4-5-12(8-11)19-2/h6-7,11-12H,3-5,8H2,1-2H3,(H,17,18). The van der Waals surface area contributed by atoms with E-state index in [0.29, 0.717) is 22.0 Å². The number of nitrogens with zero attached hydrogens (tertiary/aromatic N) is 1. The van der Waals surface area contributed by atoms with Gasteiger partial charge in [-0.3, -0.25) is 4.79 Å². The first-order chi connectivity index (χ1) is 9.12. The third-order valence-electron chi connectivity index (χ3n) is 3.52. The van der Waals surface area contributed by atoms with Gasteiger partial charge < -0.3 is 5.32 Å². The van der Waals surface area contributed by atoms with Gasteiger partial charge in [0, 0.05) is 22.5 Å². The summed E-state index contributed by atoms with van der Waals surface area (Å²) in [6.45, 7) is 2.00. The minimum atomic E-state index is -0.0363. The molecule has 1 aliphatic rings. The van der Waals surface area contributed by atoms with Crippen LogP contribution in [0.5, 0.6) is 0 Å². The summed E-state index contributed by atoms with van der Waals surface area (Å²) in [7, 11) is 0. The quantitative estimate of drug-likeness (QED) is 0.867. The van der Waals surface area contributed by atoms with Gasteiger partial charge in [0.15, 0.2) is 0 Å². The molecule has 0 aromatic carbocycles. The molecule has 2 rings (SSSR count). The minimum absolute atomic E-state index is 0.0363. The van der Waals surface area contributed by atoms with Crippen LogP contribution < -0.4 is 5.32 Å². The molecule has 1 heterocycles. The van der Waals surface area contributed by atoms with Gasteiger partial charge in [-0.1, -0.05) is 18.5 Å². The van der Waals surface area contributed by atoms with Crippen molar-refractivity contribution in [2.75, 3.05) is 6.26 Å². The summed E-state index contributed by atoms with van der Waals surface area (Å²) in [6.07, 6.45) is 6.22. The molecule has 0 bridgehead atoms. The molecule has 1 fully saturated rings. The number of aromatic nitrogens is 1. The van der Waals surface area contributed by atoms with E-state index >= 15 is 0 Å². The molecule has 0 aliphatic heterocycles. The fourth-order valence-electron chi connectivity index (χ4n) is 2.42. The van der Waals surface area contributed by atoms with E-state index in [0.717, 1.165) is 25.0 Å². The zero-order valence-electron chi connectivity index (χ0n) is 11.3. The van der Waals surface area contributed by atoms with Gasteiger partial charge in [-0.2, -0.15) is 11.8 Å². The lowest BCUT2D eigenvalue weighted by Crippen LogP contribution is -2.33. The molecule has 0 saturated heterocycles. The number of thioether (sulfide) groups is 1. The summed E-state index contributed by atoms with van der Waals surface area (Å²) in [4.78, 5) is 16.4. The summed E-state index contributed by atoms with van der Waals surface area (Å²) in [5, 5.41) is 4.16. The summed E-state index contributed by atoms with van der Waals surface area (Å²) < 4.78 is 0. The summed E-state index contributed by atoms with van der Waals surface area (Å²) in [5.41, 5.74) is 1.47. The number of pyridine rings is 1. The van der Waals surface area contributed by atoms with Crippen LogP contribution in [0.2, 0.25) is 5.15 Å². The lowest BCUT2D eigenvalue weighted by atomic mass is 10.1. The Bertz CT molecular complexity index is 467. The van der Waals surface area contributed by atoms with Gasteiger partial charge in [0.25, 0.3) is 5.91 Å². The number of nitrogens with one attached hydrogen (secondary N) is 1. The summed E-state index contributed by atoms with van der Waals surface area (Å²) in [5.74, 6) is -0.0363. The van der Waals surface area contributed by atoms with Gasteiger partial charge in [-0.05, 0) is 44.1 Å². The maximum atomic E-state index is 12.2. The predicted molar refractivity (Wildman–Crippen MR) is 81.0 cm³/mol. The maximum Gasteiger partial charge on any atom is 0.251 e. The molecule has 1 aromatic rings. The fourth-order valence-corrected chi connectivity index (χ4v) is 3.44. The first-order valence-electron chi connectivity index (χ1n) is 6.62. The molecule has 3 nitrogen and oxygen atoms in total. The van der Waals surface area contributed by atoms with Crippen LogP contribution in [0, 0.1) is 0 Å². The second-order valence-electron chi connectivity index (χ2n) is 4.86. The molecule has 2 unspecified atom stereocenters. The van der Waals surface area contributed by atoms with E-state index in [1.54, 1.807) is 6.07 Å². The molecule has 0 radical (unpaired) electrons. The van der Waals surface area contributed by atoms with Crippen molar-refractivity contribution in [2.24, 2.45) is 0 Å². The van der Waals surface area contributed by atoms with Crippen LogP contribution in [0.4, 0.5) is 0 Å². The van der Waals surface area contributed by atoms with E-state index in [-0.39, 0.29) is 5.91 Å². The van der Waals surface area contributed by atoms with Crippen molar-refractivity contribution >= 4 is 29.3 Å². The third kappa shape index (κ3) is 3.86. The van der Waals surface area contributed by atoms with E-state index in [4.69, 9.17) is 11.6 Å². The Morgan fingerprint density at radius 3 is 2.95 bits per heavy atom. The van der Waals surface area contributed by atoms with Crippen molar-refractivity contribution in [3.05, 3.63) is 28.5 Å². The van der Waals surface area contributed by atoms with Crippen LogP contribution in [0.25, 0.3) is 0 Å². The zero-order valence-corrected chi connectivity index (χ0v) is 12.9. The molecule has 1 amide bonds. The van der Waals surface area contributed by atoms with Crippen LogP contribution >= 0.6 is 23.4 Å². The minimum Gasteiger partial charge on any atom is -0.349 e. The Morgan fingerprint density at radius 1 is 1.53 bits per heavy atom. The fraction of sp³-hybridized carbons (Fsp3) is 0.571. The number of rotatable bonds is 4. The second-order valence-corrected chi connectivity index (χ2v) is 6.39. The smallest absolute Gasteiger partial charge is 0.251 e. The van der Waals surface area contributed by atoms with E-state index in [2.05, 4.69) is 16.6 Å². The lowest BCUT2D eigenvalue weighted by Gasteiger charge is -2.13. The van der Waals surface area contributed by atoms with Crippen LogP contribution in [-0.4, -0.2) is 28.4 Å². The van der Waals surface area contributed by atoms with Gasteiger partial charge in [-0.25, -0.2) is 4.98 Å². The van der Waals surface area contributed by atoms with Crippen molar-refractivity contribution in [1.29, 1.82) is 0 Å². The van der Waals surface area contributed by atoms with E-state index in [1.807, 2.05) is 24.8 Å². The highest BCUT2D eigenvalue weighted by Crippen LogP contribution is 2.28. The monoisotopic (exact) mass is 298 g/mol. The topological polar surface area (TPSA) is 42.0 Å². The number of amides is 1. The predicted octanol–water partition coefficient (Wildman–Crippen LogP) is 3.31. The largest absolute Gasteiger partial charge is 0.349 e. The normalized spacial score (nSPS) is 22.5. The molecule has 1 N–H and O–H groups in total. The number of hydrogen-bond acceptors (Lipinski definition) is 3. The Kier molecular flexibility index (Phi) is 5.11. The van der Waals surface area contributed by atoms with Crippen molar-refractivity contribution in [3.63, 3.8) is 0 Å². The molecule has 19 heavy (non-hydrogen) atoms. The maximum absolute atomic E-state index is 12.2. The highest BCUT2D eigenvalue weighted by molar-refractivity contribution is 7.99. The molecule has 2 atom stereocenters. The summed E-state index contributed by atoms with van der Waals surface area (Å²) >= 11 is 7.83. The molecule has 5 heteroatoms. The van der Waals surface area contributed by atoms with Gasteiger partial charge in [0.2, 0.25) is 0 Å². The molecule has 0 spiro atoms. The first kappa shape index (κ1) is 14.7. The van der Waals surface area contributed by atoms with Crippen LogP contribution in [0.1, 0.15) is 42.2 Å². The van der Waals surface area contributed by atoms with E-state index < -0.39 is 0 Å². The van der Waals surface area contributed by atoms with Gasteiger partial charge in [0.05, 0.1) is 0 Å². The van der Waals surface area contributed by atoms with Gasteiger partial charge in [0.1, 0.15) is 5.15 Å². The highest BCUT2D eigenvalue weighted by Gasteiger charge is 2.25. The van der Waals surface area contributed by atoms with Crippen LogP contribution in [-0.2, 0) is 6.42 Å². The van der Waals surface area contributed by atoms with Gasteiger partial charge in [-0.15, -0.1) is 0 Å². The molecule has 1 saturated carbocycles. The van der Waals surface area contributed by atoms with Crippen molar-refractivity contribution in [3.8, 4) is 0 Å². The van der Waals surface area contributed by atoms with Crippen molar-refractivity contribution in [1.82, 2.24) is 10.3 Å². The highest BCUT2D eigenvalue weighted by atomic mass is 35.5. The lowest BCUT2D eigenvalue weighted by molar-refractivity contribution is 0.0937.